The molecule has 0 spiro atoms. The molecule has 0 saturated carbocycles. The summed E-state index contributed by atoms with van der Waals surface area (Å²) in [5.41, 5.74) is -0.697. The highest BCUT2D eigenvalue weighted by Crippen LogP contribution is 2.33. The average molecular weight is 401 g/mol. The minimum Gasteiger partial charge on any atom is -0.369 e. The maximum atomic E-state index is 12.7. The van der Waals surface area contributed by atoms with E-state index < -0.39 is 29.3 Å². The van der Waals surface area contributed by atoms with E-state index in [4.69, 9.17) is 11.6 Å². The number of nitrogens with one attached hydrogen (secondary N) is 1. The van der Waals surface area contributed by atoms with Gasteiger partial charge in [-0.1, -0.05) is 11.6 Å². The van der Waals surface area contributed by atoms with Crippen LogP contribution in [0.1, 0.15) is 44.9 Å². The van der Waals surface area contributed by atoms with E-state index in [0.717, 1.165) is 6.07 Å². The Morgan fingerprint density at radius 2 is 2.00 bits per heavy atom. The van der Waals surface area contributed by atoms with Gasteiger partial charge in [0, 0.05) is 32.1 Å². The van der Waals surface area contributed by atoms with Gasteiger partial charge in [0.2, 0.25) is 0 Å². The fourth-order valence-electron chi connectivity index (χ4n) is 2.19. The molecule has 2 aromatic rings. The summed E-state index contributed by atoms with van der Waals surface area (Å²) in [5, 5.41) is -0.256. The van der Waals surface area contributed by atoms with Gasteiger partial charge in [0.1, 0.15) is 5.69 Å². The number of hydrogen-bond donors (Lipinski definition) is 1. The smallest absolute Gasteiger partial charge is 0.369 e. The Hall–Kier alpha value is -2.68. The van der Waals surface area contributed by atoms with Crippen molar-refractivity contribution in [1.29, 1.82) is 0 Å². The molecule has 27 heavy (non-hydrogen) atoms. The third-order valence-corrected chi connectivity index (χ3v) is 3.91. The van der Waals surface area contributed by atoms with Gasteiger partial charge >= 0.3 is 6.18 Å². The van der Waals surface area contributed by atoms with Gasteiger partial charge in [-0.3, -0.25) is 14.6 Å². The number of Topliss-reactive ketones (excluding diaryl/α,β-unsaturated/α-hetero) is 1. The van der Waals surface area contributed by atoms with Gasteiger partial charge in [-0.2, -0.15) is 18.2 Å². The van der Waals surface area contributed by atoms with E-state index in [-0.39, 0.29) is 22.0 Å². The molecule has 0 aliphatic heterocycles. The Bertz CT molecular complexity index is 891. The molecule has 6 nitrogen and oxygen atoms in total. The van der Waals surface area contributed by atoms with E-state index in [0.29, 0.717) is 6.20 Å². The van der Waals surface area contributed by atoms with E-state index in [2.05, 4.69) is 15.0 Å². The maximum Gasteiger partial charge on any atom is 0.417 e. The van der Waals surface area contributed by atoms with Crippen molar-refractivity contribution in [2.45, 2.75) is 19.0 Å². The van der Waals surface area contributed by atoms with Crippen molar-refractivity contribution in [3.05, 3.63) is 52.1 Å². The summed E-state index contributed by atoms with van der Waals surface area (Å²) >= 11 is 5.89. The van der Waals surface area contributed by atoms with Gasteiger partial charge in [0.25, 0.3) is 5.91 Å². The van der Waals surface area contributed by atoms with Crippen LogP contribution in [0.15, 0.2) is 29.5 Å². The third kappa shape index (κ3) is 4.94. The summed E-state index contributed by atoms with van der Waals surface area (Å²) in [5.74, 6) is -1.92. The van der Waals surface area contributed by atoms with Crippen LogP contribution in [0.25, 0.3) is 0 Å². The second kappa shape index (κ2) is 7.91. The number of carbonyl (C=O) groups is 2. The molecular formula is C17H16ClF3N4O2. The number of halogens is 4. The Balaban J connectivity index is 2.22. The Labute approximate surface area is 158 Å². The molecule has 144 valence electrons. The first-order valence-corrected chi connectivity index (χ1v) is 8.08. The number of carbonyl (C=O) groups excluding carboxylic acids is 2. The van der Waals surface area contributed by atoms with Crippen molar-refractivity contribution in [3.63, 3.8) is 0 Å². The van der Waals surface area contributed by atoms with E-state index in [9.17, 15) is 22.8 Å². The third-order valence-electron chi connectivity index (χ3n) is 3.60. The first kappa shape index (κ1) is 20.6. The standard InChI is InChI=1S/C17H16ClF3N4O2/c1-9(14-12(18)5-11(7-23-14)17(19,20)21)15(26)10-4-13(22-6-10)16(27)24-8-25(2)3/h4-9,22H,1-3H3/t9-/m1/s1. The van der Waals surface area contributed by atoms with Crippen LogP contribution < -0.4 is 0 Å². The Kier molecular flexibility index (Phi) is 6.04. The number of aromatic nitrogens is 2. The van der Waals surface area contributed by atoms with E-state index in [1.54, 1.807) is 19.0 Å². The lowest BCUT2D eigenvalue weighted by molar-refractivity contribution is -0.137. The number of nitrogens with zero attached hydrogens (tertiary/aromatic N) is 3. The minimum absolute atomic E-state index is 0.0226. The normalized spacial score (nSPS) is 13.0. The number of ketones is 1. The van der Waals surface area contributed by atoms with Crippen molar-refractivity contribution in [3.8, 4) is 0 Å². The zero-order chi connectivity index (χ0) is 20.4. The van der Waals surface area contributed by atoms with Gasteiger partial charge < -0.3 is 9.88 Å². The van der Waals surface area contributed by atoms with Crippen LogP contribution in [-0.4, -0.2) is 47.0 Å². The topological polar surface area (TPSA) is 78.4 Å². The molecule has 0 aliphatic rings. The number of H-pyrrole nitrogens is 1. The first-order valence-electron chi connectivity index (χ1n) is 7.71. The number of alkyl halides is 3. The Morgan fingerprint density at radius 3 is 2.56 bits per heavy atom. The molecule has 1 atom stereocenters. The fourth-order valence-corrected chi connectivity index (χ4v) is 2.52. The lowest BCUT2D eigenvalue weighted by atomic mass is 9.97. The molecule has 0 fully saturated rings. The largest absolute Gasteiger partial charge is 0.417 e. The van der Waals surface area contributed by atoms with Crippen LogP contribution in [-0.2, 0) is 6.18 Å². The number of aliphatic imine (C=N–C) groups is 1. The highest BCUT2D eigenvalue weighted by Gasteiger charge is 2.32. The van der Waals surface area contributed by atoms with Gasteiger partial charge in [0.15, 0.2) is 5.78 Å². The second-order valence-corrected chi connectivity index (χ2v) is 6.40. The maximum absolute atomic E-state index is 12.7. The second-order valence-electron chi connectivity index (χ2n) is 5.99. The molecule has 1 N–H and O–H groups in total. The molecule has 10 heteroatoms. The van der Waals surface area contributed by atoms with E-state index >= 15 is 0 Å². The molecule has 0 aromatic carbocycles. The fraction of sp³-hybridized carbons (Fsp3) is 0.294. The van der Waals surface area contributed by atoms with Crippen LogP contribution in [0.4, 0.5) is 13.2 Å². The van der Waals surface area contributed by atoms with Gasteiger partial charge in [-0.15, -0.1) is 0 Å². The van der Waals surface area contributed by atoms with Crippen molar-refractivity contribution < 1.29 is 22.8 Å². The number of pyridine rings is 1. The van der Waals surface area contributed by atoms with E-state index in [1.165, 1.54) is 25.5 Å². The zero-order valence-electron chi connectivity index (χ0n) is 14.6. The average Bonchev–Trinajstić information content (AvgIpc) is 3.07. The lowest BCUT2D eigenvalue weighted by Gasteiger charge is -2.13. The van der Waals surface area contributed by atoms with Crippen LogP contribution in [0.5, 0.6) is 0 Å². The predicted octanol–water partition coefficient (Wildman–Crippen LogP) is 3.80. The first-order chi connectivity index (χ1) is 12.5. The van der Waals surface area contributed by atoms with Gasteiger partial charge in [-0.25, -0.2) is 0 Å². The SMILES string of the molecule is C[C@@H](C(=O)c1c[nH]c(C(=O)N=CN(C)C)c1)c1ncc(C(F)(F)F)cc1Cl. The van der Waals surface area contributed by atoms with Crippen molar-refractivity contribution in [2.75, 3.05) is 14.1 Å². The molecule has 2 heterocycles. The molecular weight excluding hydrogens is 385 g/mol. The number of rotatable bonds is 5. The molecule has 0 aliphatic carbocycles. The molecule has 2 rings (SSSR count). The molecule has 0 saturated heterocycles. The summed E-state index contributed by atoms with van der Waals surface area (Å²) in [6.45, 7) is 1.47. The van der Waals surface area contributed by atoms with E-state index in [1.807, 2.05) is 0 Å². The highest BCUT2D eigenvalue weighted by atomic mass is 35.5. The van der Waals surface area contributed by atoms with Gasteiger partial charge in [0.05, 0.1) is 28.5 Å². The number of aromatic amines is 1. The van der Waals surface area contributed by atoms with Crippen molar-refractivity contribution in [1.82, 2.24) is 14.9 Å². The van der Waals surface area contributed by atoms with Crippen LogP contribution in [0, 0.1) is 0 Å². The molecule has 0 unspecified atom stereocenters. The summed E-state index contributed by atoms with van der Waals surface area (Å²) in [6, 6.07) is 2.06. The summed E-state index contributed by atoms with van der Waals surface area (Å²) < 4.78 is 38.1. The summed E-state index contributed by atoms with van der Waals surface area (Å²) in [4.78, 5) is 36.1. The van der Waals surface area contributed by atoms with Crippen molar-refractivity contribution in [2.24, 2.45) is 4.99 Å². The van der Waals surface area contributed by atoms with Crippen molar-refractivity contribution >= 4 is 29.6 Å². The van der Waals surface area contributed by atoms with Crippen LogP contribution in [0.3, 0.4) is 0 Å². The summed E-state index contributed by atoms with van der Waals surface area (Å²) in [6.07, 6.45) is -1.30. The molecule has 1 amide bonds. The minimum atomic E-state index is -4.58. The quantitative estimate of drug-likeness (QED) is 0.470. The molecule has 0 bridgehead atoms. The van der Waals surface area contributed by atoms with Crippen LogP contribution in [0.2, 0.25) is 5.02 Å². The zero-order valence-corrected chi connectivity index (χ0v) is 15.4. The van der Waals surface area contributed by atoms with Gasteiger partial charge in [-0.05, 0) is 19.1 Å². The summed E-state index contributed by atoms with van der Waals surface area (Å²) in [7, 11) is 3.39. The monoisotopic (exact) mass is 400 g/mol. The number of amides is 1. The number of hydrogen-bond acceptors (Lipinski definition) is 3. The Morgan fingerprint density at radius 1 is 1.33 bits per heavy atom. The predicted molar refractivity (Wildman–Crippen MR) is 94.3 cm³/mol. The highest BCUT2D eigenvalue weighted by molar-refractivity contribution is 6.31. The van der Waals surface area contributed by atoms with Crippen LogP contribution >= 0.6 is 11.6 Å². The lowest BCUT2D eigenvalue weighted by Crippen LogP contribution is -2.13. The molecule has 0 radical (unpaired) electrons. The molecule has 2 aromatic heterocycles.